The number of carbonyl (C=O) groups is 2. The molecule has 4 aromatic rings. The number of aryl methyl sites for hydroxylation is 2. The van der Waals surface area contributed by atoms with Crippen LogP contribution in [0.15, 0.2) is 81.7 Å². The summed E-state index contributed by atoms with van der Waals surface area (Å²) < 4.78 is 13.2. The van der Waals surface area contributed by atoms with Crippen molar-refractivity contribution in [1.82, 2.24) is 0 Å². The summed E-state index contributed by atoms with van der Waals surface area (Å²) in [6.45, 7) is 13.8. The molecule has 0 saturated carbocycles. The maximum atomic E-state index is 13.0. The molecule has 0 aliphatic heterocycles. The number of hydrogen-bond donors (Lipinski definition) is 2. The summed E-state index contributed by atoms with van der Waals surface area (Å²) in [5, 5.41) is 6.06. The second-order valence-electron chi connectivity index (χ2n) is 12.3. The van der Waals surface area contributed by atoms with Crippen molar-refractivity contribution in [1.29, 1.82) is 0 Å². The topological polar surface area (TPSA) is 76.7 Å². The summed E-state index contributed by atoms with van der Waals surface area (Å²) in [5.74, 6) is 2.19. The molecule has 0 unspecified atom stereocenters. The molecule has 0 saturated heterocycles. The van der Waals surface area contributed by atoms with E-state index in [-0.39, 0.29) is 11.8 Å². The normalized spacial score (nSPS) is 11.1. The average Bonchev–Trinajstić information content (AvgIpc) is 3.00. The molecular formula is C38H42Br2N2O4. The van der Waals surface area contributed by atoms with Crippen LogP contribution in [0.25, 0.3) is 11.1 Å². The molecule has 0 atom stereocenters. The van der Waals surface area contributed by atoms with E-state index in [9.17, 15) is 9.59 Å². The molecule has 0 spiro atoms. The summed E-state index contributed by atoms with van der Waals surface area (Å²) >= 11 is 7.07. The van der Waals surface area contributed by atoms with Crippen molar-refractivity contribution in [3.63, 3.8) is 0 Å². The monoisotopic (exact) mass is 748 g/mol. The standard InChI is InChI=1S/C38H42Br2N2O4/c1-23(2)15-17-45-35-13-9-29(21-31(35)39)37(43)41-33-11-7-27(19-25(33)5)28-8-12-34(26(6)20-28)42-38(44)30-10-14-36(32(40)22-30)46-18-16-24(3)4/h7-14,19-24H,15-18H2,1-6H3,(H,41,43)(H,42,44). The Bertz CT molecular complexity index is 1580. The molecule has 4 rings (SSSR count). The number of amides is 2. The lowest BCUT2D eigenvalue weighted by Gasteiger charge is -2.14. The number of anilines is 2. The minimum absolute atomic E-state index is 0.193. The van der Waals surface area contributed by atoms with Gasteiger partial charge in [-0.1, -0.05) is 39.8 Å². The Kier molecular flexibility index (Phi) is 12.5. The van der Waals surface area contributed by atoms with Gasteiger partial charge in [-0.05, 0) is 153 Å². The van der Waals surface area contributed by atoms with Crippen molar-refractivity contribution in [2.45, 2.75) is 54.4 Å². The summed E-state index contributed by atoms with van der Waals surface area (Å²) in [7, 11) is 0. The Balaban J connectivity index is 1.39. The van der Waals surface area contributed by atoms with Crippen LogP contribution in [0.4, 0.5) is 11.4 Å². The Labute approximate surface area is 289 Å². The fourth-order valence-electron chi connectivity index (χ4n) is 4.68. The van der Waals surface area contributed by atoms with Gasteiger partial charge >= 0.3 is 0 Å². The van der Waals surface area contributed by atoms with Gasteiger partial charge in [-0.15, -0.1) is 0 Å². The van der Waals surface area contributed by atoms with E-state index in [1.165, 1.54) is 0 Å². The second-order valence-corrected chi connectivity index (χ2v) is 14.0. The third-order valence-corrected chi connectivity index (χ3v) is 8.82. The van der Waals surface area contributed by atoms with E-state index >= 15 is 0 Å². The molecule has 0 aliphatic rings. The van der Waals surface area contributed by atoms with Gasteiger partial charge in [-0.3, -0.25) is 9.59 Å². The van der Waals surface area contributed by atoms with Gasteiger partial charge in [0.2, 0.25) is 0 Å². The lowest BCUT2D eigenvalue weighted by Crippen LogP contribution is -2.13. The molecule has 0 aliphatic carbocycles. The Morgan fingerprint density at radius 3 is 1.33 bits per heavy atom. The van der Waals surface area contributed by atoms with Gasteiger partial charge in [-0.2, -0.15) is 0 Å². The van der Waals surface area contributed by atoms with Crippen LogP contribution in [0.5, 0.6) is 11.5 Å². The maximum Gasteiger partial charge on any atom is 0.255 e. The first-order valence-electron chi connectivity index (χ1n) is 15.6. The zero-order valence-electron chi connectivity index (χ0n) is 27.3. The quantitative estimate of drug-likeness (QED) is 0.143. The SMILES string of the molecule is Cc1cc(-c2ccc(NC(=O)c3ccc(OCCC(C)C)c(Br)c3)c(C)c2)ccc1NC(=O)c1ccc(OCCC(C)C)c(Br)c1. The van der Waals surface area contributed by atoms with Crippen molar-refractivity contribution < 1.29 is 19.1 Å². The molecule has 0 aromatic heterocycles. The van der Waals surface area contributed by atoms with Gasteiger partial charge in [0.1, 0.15) is 11.5 Å². The number of halogens is 2. The van der Waals surface area contributed by atoms with Crippen LogP contribution >= 0.6 is 31.9 Å². The number of carbonyl (C=O) groups excluding carboxylic acids is 2. The molecule has 2 N–H and O–H groups in total. The highest BCUT2D eigenvalue weighted by molar-refractivity contribution is 9.11. The van der Waals surface area contributed by atoms with E-state index < -0.39 is 0 Å². The third-order valence-electron chi connectivity index (χ3n) is 7.58. The zero-order valence-corrected chi connectivity index (χ0v) is 30.5. The van der Waals surface area contributed by atoms with E-state index in [0.29, 0.717) is 36.2 Å². The molecule has 4 aromatic carbocycles. The van der Waals surface area contributed by atoms with Crippen LogP contribution in [0.1, 0.15) is 72.4 Å². The van der Waals surface area contributed by atoms with E-state index in [0.717, 1.165) is 66.9 Å². The van der Waals surface area contributed by atoms with Gasteiger partial charge in [0.15, 0.2) is 0 Å². The van der Waals surface area contributed by atoms with Gasteiger partial charge in [0.25, 0.3) is 11.8 Å². The molecular weight excluding hydrogens is 708 g/mol. The predicted octanol–water partition coefficient (Wildman–Crippen LogP) is 10.8. The van der Waals surface area contributed by atoms with Crippen molar-refractivity contribution >= 4 is 55.0 Å². The first kappa shape index (κ1) is 35.2. The van der Waals surface area contributed by atoms with Crippen molar-refractivity contribution in [3.05, 3.63) is 104 Å². The van der Waals surface area contributed by atoms with E-state index in [1.54, 1.807) is 24.3 Å². The van der Waals surface area contributed by atoms with Crippen LogP contribution in [0, 0.1) is 25.7 Å². The van der Waals surface area contributed by atoms with Crippen LogP contribution in [-0.4, -0.2) is 25.0 Å². The minimum atomic E-state index is -0.193. The minimum Gasteiger partial charge on any atom is -0.492 e. The summed E-state index contributed by atoms with van der Waals surface area (Å²) in [6, 6.07) is 22.7. The molecule has 6 nitrogen and oxygen atoms in total. The van der Waals surface area contributed by atoms with Gasteiger partial charge in [-0.25, -0.2) is 0 Å². The van der Waals surface area contributed by atoms with E-state index in [2.05, 4.69) is 70.2 Å². The number of rotatable bonds is 13. The van der Waals surface area contributed by atoms with Crippen LogP contribution in [0.3, 0.4) is 0 Å². The second kappa shape index (κ2) is 16.3. The van der Waals surface area contributed by atoms with Crippen molar-refractivity contribution in [3.8, 4) is 22.6 Å². The maximum absolute atomic E-state index is 13.0. The molecule has 242 valence electrons. The number of benzene rings is 4. The Hall–Kier alpha value is -3.62. The largest absolute Gasteiger partial charge is 0.492 e. The van der Waals surface area contributed by atoms with Gasteiger partial charge in [0.05, 0.1) is 22.2 Å². The summed E-state index contributed by atoms with van der Waals surface area (Å²) in [6.07, 6.45) is 1.93. The fraction of sp³-hybridized carbons (Fsp3) is 0.316. The molecule has 2 amide bonds. The Morgan fingerprint density at radius 1 is 0.609 bits per heavy atom. The lowest BCUT2D eigenvalue weighted by molar-refractivity contribution is 0.101. The summed E-state index contributed by atoms with van der Waals surface area (Å²) in [4.78, 5) is 26.1. The fourth-order valence-corrected chi connectivity index (χ4v) is 5.67. The van der Waals surface area contributed by atoms with Crippen LogP contribution < -0.4 is 20.1 Å². The molecule has 8 heteroatoms. The average molecular weight is 751 g/mol. The lowest BCUT2D eigenvalue weighted by atomic mass is 9.99. The van der Waals surface area contributed by atoms with Crippen molar-refractivity contribution in [2.24, 2.45) is 11.8 Å². The highest BCUT2D eigenvalue weighted by atomic mass is 79.9. The zero-order chi connectivity index (χ0) is 33.4. The van der Waals surface area contributed by atoms with Crippen LogP contribution in [0.2, 0.25) is 0 Å². The summed E-state index contributed by atoms with van der Waals surface area (Å²) in [5.41, 5.74) is 6.47. The predicted molar refractivity (Wildman–Crippen MR) is 195 cm³/mol. The number of ether oxygens (including phenoxy) is 2. The Morgan fingerprint density at radius 2 is 1.00 bits per heavy atom. The highest BCUT2D eigenvalue weighted by Crippen LogP contribution is 2.31. The molecule has 0 radical (unpaired) electrons. The molecule has 0 bridgehead atoms. The first-order valence-corrected chi connectivity index (χ1v) is 17.2. The molecule has 46 heavy (non-hydrogen) atoms. The third kappa shape index (κ3) is 9.69. The number of nitrogens with one attached hydrogen (secondary N) is 2. The van der Waals surface area contributed by atoms with Gasteiger partial charge < -0.3 is 20.1 Å². The number of hydrogen-bond acceptors (Lipinski definition) is 4. The molecule has 0 heterocycles. The van der Waals surface area contributed by atoms with E-state index in [4.69, 9.17) is 9.47 Å². The highest BCUT2D eigenvalue weighted by Gasteiger charge is 2.14. The smallest absolute Gasteiger partial charge is 0.255 e. The van der Waals surface area contributed by atoms with Crippen molar-refractivity contribution in [2.75, 3.05) is 23.8 Å². The van der Waals surface area contributed by atoms with Gasteiger partial charge in [0, 0.05) is 22.5 Å². The van der Waals surface area contributed by atoms with E-state index in [1.807, 2.05) is 62.4 Å². The van der Waals surface area contributed by atoms with Crippen LogP contribution in [-0.2, 0) is 0 Å². The molecule has 0 fully saturated rings. The first-order chi connectivity index (χ1) is 21.9.